The zero-order chi connectivity index (χ0) is 17.6. The van der Waals surface area contributed by atoms with Crippen LogP contribution in [0, 0.1) is 0 Å². The summed E-state index contributed by atoms with van der Waals surface area (Å²) in [5, 5.41) is 11.6. The third-order valence-electron chi connectivity index (χ3n) is 3.02. The largest absolute Gasteiger partial charge is 0.497 e. The summed E-state index contributed by atoms with van der Waals surface area (Å²) in [6, 6.07) is 5.32. The molecule has 128 valence electrons. The van der Waals surface area contributed by atoms with Crippen LogP contribution in [0.25, 0.3) is 0 Å². The van der Waals surface area contributed by atoms with Gasteiger partial charge in [0, 0.05) is 6.04 Å². The first-order valence-corrected chi connectivity index (χ1v) is 7.24. The van der Waals surface area contributed by atoms with Crippen molar-refractivity contribution >= 4 is 12.1 Å². The quantitative estimate of drug-likeness (QED) is 0.738. The summed E-state index contributed by atoms with van der Waals surface area (Å²) in [6.07, 6.45) is -0.743. The second-order valence-electron chi connectivity index (χ2n) is 6.15. The number of carbonyl (C=O) groups excluding carboxylic acids is 1. The molecule has 1 aromatic rings. The highest BCUT2D eigenvalue weighted by Gasteiger charge is 2.26. The molecule has 1 rings (SSSR count). The van der Waals surface area contributed by atoms with E-state index in [1.54, 1.807) is 52.1 Å². The summed E-state index contributed by atoms with van der Waals surface area (Å²) in [7, 11) is 1.56. The maximum atomic E-state index is 11.7. The highest BCUT2D eigenvalue weighted by atomic mass is 16.6. The van der Waals surface area contributed by atoms with E-state index >= 15 is 0 Å². The number of carbonyl (C=O) groups is 2. The molecule has 0 aliphatic rings. The van der Waals surface area contributed by atoms with Gasteiger partial charge in [-0.25, -0.2) is 9.59 Å². The summed E-state index contributed by atoms with van der Waals surface area (Å²) >= 11 is 0. The van der Waals surface area contributed by atoms with Crippen LogP contribution >= 0.6 is 0 Å². The Labute approximate surface area is 135 Å². The van der Waals surface area contributed by atoms with Crippen LogP contribution in [-0.4, -0.2) is 35.9 Å². The monoisotopic (exact) mass is 324 g/mol. The Hall–Kier alpha value is -2.28. The molecule has 2 atom stereocenters. The molecule has 0 aliphatic carbocycles. The van der Waals surface area contributed by atoms with Gasteiger partial charge in [0.05, 0.1) is 7.11 Å². The minimum atomic E-state index is -1.17. The van der Waals surface area contributed by atoms with Gasteiger partial charge in [0.1, 0.15) is 17.4 Å². The van der Waals surface area contributed by atoms with Crippen molar-refractivity contribution in [1.82, 2.24) is 5.32 Å². The van der Waals surface area contributed by atoms with Crippen LogP contribution in [0.15, 0.2) is 24.3 Å². The average Bonchev–Trinajstić information content (AvgIpc) is 2.44. The smallest absolute Gasteiger partial charge is 0.408 e. The van der Waals surface area contributed by atoms with Gasteiger partial charge in [-0.15, -0.1) is 0 Å². The van der Waals surface area contributed by atoms with E-state index in [1.165, 1.54) is 0 Å². The van der Waals surface area contributed by atoms with Gasteiger partial charge in [-0.05, 0) is 44.9 Å². The molecule has 4 N–H and O–H groups in total. The minimum Gasteiger partial charge on any atom is -0.497 e. The fourth-order valence-electron chi connectivity index (χ4n) is 1.91. The highest BCUT2D eigenvalue weighted by Crippen LogP contribution is 2.20. The predicted octanol–water partition coefficient (Wildman–Crippen LogP) is 2.06. The first-order valence-electron chi connectivity index (χ1n) is 7.24. The lowest BCUT2D eigenvalue weighted by Crippen LogP contribution is -2.44. The zero-order valence-electron chi connectivity index (χ0n) is 13.8. The van der Waals surface area contributed by atoms with Gasteiger partial charge in [0.25, 0.3) is 0 Å². The molecule has 1 aromatic carbocycles. The molecular formula is C16H24N2O5. The third kappa shape index (κ3) is 6.56. The Morgan fingerprint density at radius 3 is 2.26 bits per heavy atom. The van der Waals surface area contributed by atoms with Gasteiger partial charge < -0.3 is 25.6 Å². The Bertz CT molecular complexity index is 536. The maximum absolute atomic E-state index is 11.7. The number of ether oxygens (including phenoxy) is 2. The molecule has 0 saturated heterocycles. The molecule has 0 saturated carbocycles. The van der Waals surface area contributed by atoms with Crippen molar-refractivity contribution in [3.63, 3.8) is 0 Å². The molecule has 0 aromatic heterocycles. The molecule has 1 amide bonds. The van der Waals surface area contributed by atoms with Crippen LogP contribution in [-0.2, 0) is 9.53 Å². The molecule has 0 fully saturated rings. The lowest BCUT2D eigenvalue weighted by atomic mass is 10.00. The molecule has 0 radical (unpaired) electrons. The number of rotatable bonds is 6. The van der Waals surface area contributed by atoms with Crippen molar-refractivity contribution < 1.29 is 24.2 Å². The second kappa shape index (κ2) is 7.82. The SMILES string of the molecule is COc1ccc(C(N)CC(NC(=O)OC(C)(C)C)C(=O)O)cc1. The number of benzene rings is 1. The van der Waals surface area contributed by atoms with Crippen LogP contribution in [0.4, 0.5) is 4.79 Å². The fraction of sp³-hybridized carbons (Fsp3) is 0.500. The number of aliphatic carboxylic acids is 1. The normalized spacial score (nSPS) is 13.8. The molecule has 7 heteroatoms. The number of hydrogen-bond donors (Lipinski definition) is 3. The number of hydrogen-bond acceptors (Lipinski definition) is 5. The summed E-state index contributed by atoms with van der Waals surface area (Å²) in [5.41, 5.74) is 6.08. The third-order valence-corrected chi connectivity index (χ3v) is 3.02. The first-order chi connectivity index (χ1) is 10.6. The zero-order valence-corrected chi connectivity index (χ0v) is 13.8. The average molecular weight is 324 g/mol. The van der Waals surface area contributed by atoms with Gasteiger partial charge in [0.2, 0.25) is 0 Å². The van der Waals surface area contributed by atoms with Crippen LogP contribution in [0.3, 0.4) is 0 Å². The van der Waals surface area contributed by atoms with Crippen molar-refractivity contribution in [2.75, 3.05) is 7.11 Å². The van der Waals surface area contributed by atoms with E-state index in [9.17, 15) is 14.7 Å². The number of nitrogens with two attached hydrogens (primary N) is 1. The van der Waals surface area contributed by atoms with Crippen molar-refractivity contribution in [3.8, 4) is 5.75 Å². The first kappa shape index (κ1) is 18.8. The summed E-state index contributed by atoms with van der Waals surface area (Å²) < 4.78 is 10.1. The molecular weight excluding hydrogens is 300 g/mol. The molecule has 0 heterocycles. The fourth-order valence-corrected chi connectivity index (χ4v) is 1.91. The molecule has 2 unspecified atom stereocenters. The Kier molecular flexibility index (Phi) is 6.38. The lowest BCUT2D eigenvalue weighted by Gasteiger charge is -2.23. The maximum Gasteiger partial charge on any atom is 0.408 e. The molecule has 23 heavy (non-hydrogen) atoms. The van der Waals surface area contributed by atoms with E-state index in [0.717, 1.165) is 5.56 Å². The van der Waals surface area contributed by atoms with Crippen LogP contribution < -0.4 is 15.8 Å². The van der Waals surface area contributed by atoms with Gasteiger partial charge in [-0.2, -0.15) is 0 Å². The van der Waals surface area contributed by atoms with E-state index in [-0.39, 0.29) is 6.42 Å². The highest BCUT2D eigenvalue weighted by molar-refractivity contribution is 5.80. The molecule has 0 bridgehead atoms. The van der Waals surface area contributed by atoms with Crippen LogP contribution in [0.1, 0.15) is 38.8 Å². The summed E-state index contributed by atoms with van der Waals surface area (Å²) in [6.45, 7) is 5.10. The van der Waals surface area contributed by atoms with E-state index in [2.05, 4.69) is 5.32 Å². The number of carboxylic acids is 1. The second-order valence-corrected chi connectivity index (χ2v) is 6.15. The number of amides is 1. The number of carboxylic acid groups (broad SMARTS) is 1. The number of nitrogens with one attached hydrogen (secondary N) is 1. The topological polar surface area (TPSA) is 111 Å². The number of alkyl carbamates (subject to hydrolysis) is 1. The molecule has 7 nitrogen and oxygen atoms in total. The Balaban J connectivity index is 2.71. The van der Waals surface area contributed by atoms with Crippen molar-refractivity contribution in [3.05, 3.63) is 29.8 Å². The van der Waals surface area contributed by atoms with Gasteiger partial charge >= 0.3 is 12.1 Å². The summed E-state index contributed by atoms with van der Waals surface area (Å²) in [5.74, 6) is -0.484. The van der Waals surface area contributed by atoms with E-state index in [1.807, 2.05) is 0 Å². The summed E-state index contributed by atoms with van der Waals surface area (Å²) in [4.78, 5) is 23.0. The van der Waals surface area contributed by atoms with Crippen molar-refractivity contribution in [2.24, 2.45) is 5.73 Å². The predicted molar refractivity (Wildman–Crippen MR) is 85.3 cm³/mol. The Morgan fingerprint density at radius 1 is 1.26 bits per heavy atom. The number of methoxy groups -OCH3 is 1. The standard InChI is InChI=1S/C16H24N2O5/c1-16(2,3)23-15(21)18-13(14(19)20)9-12(17)10-5-7-11(22-4)8-6-10/h5-8,12-13H,9,17H2,1-4H3,(H,18,21)(H,19,20). The van der Waals surface area contributed by atoms with Gasteiger partial charge in [-0.3, -0.25) is 0 Å². The Morgan fingerprint density at radius 2 is 1.83 bits per heavy atom. The molecule has 0 aliphatic heterocycles. The van der Waals surface area contributed by atoms with E-state index in [4.69, 9.17) is 15.2 Å². The van der Waals surface area contributed by atoms with E-state index < -0.39 is 29.7 Å². The van der Waals surface area contributed by atoms with E-state index in [0.29, 0.717) is 5.75 Å². The van der Waals surface area contributed by atoms with Crippen LogP contribution in [0.2, 0.25) is 0 Å². The van der Waals surface area contributed by atoms with Crippen molar-refractivity contribution in [2.45, 2.75) is 44.9 Å². The lowest BCUT2D eigenvalue weighted by molar-refractivity contribution is -0.139. The minimum absolute atomic E-state index is 0.0426. The van der Waals surface area contributed by atoms with Gasteiger partial charge in [0.15, 0.2) is 0 Å². The van der Waals surface area contributed by atoms with Gasteiger partial charge in [-0.1, -0.05) is 12.1 Å². The van der Waals surface area contributed by atoms with Crippen LogP contribution in [0.5, 0.6) is 5.75 Å². The molecule has 0 spiro atoms. The van der Waals surface area contributed by atoms with Crippen molar-refractivity contribution in [1.29, 1.82) is 0 Å².